The van der Waals surface area contributed by atoms with E-state index in [2.05, 4.69) is 6.58 Å². The van der Waals surface area contributed by atoms with E-state index in [1.807, 2.05) is 6.92 Å². The van der Waals surface area contributed by atoms with E-state index in [4.69, 9.17) is 10.3 Å². The molecule has 16 heavy (non-hydrogen) atoms. The van der Waals surface area contributed by atoms with Gasteiger partial charge < -0.3 is 5.73 Å². The molecule has 0 aliphatic carbocycles. The first kappa shape index (κ1) is 17.5. The van der Waals surface area contributed by atoms with Gasteiger partial charge in [-0.3, -0.25) is 9.35 Å². The lowest BCUT2D eigenvalue weighted by Crippen LogP contribution is -2.10. The van der Waals surface area contributed by atoms with Gasteiger partial charge in [-0.25, -0.2) is 0 Å². The molecule has 0 radical (unpaired) electrons. The Hall–Kier alpha value is -0.880. The number of nitrogens with two attached hydrogens (primary N) is 1. The predicted octanol–water partition coefficient (Wildman–Crippen LogP) is 1.50. The van der Waals surface area contributed by atoms with E-state index in [0.29, 0.717) is 12.0 Å². The van der Waals surface area contributed by atoms with Crippen LogP contribution in [0.15, 0.2) is 12.2 Å². The fraction of sp³-hybridized carbons (Fsp3) is 0.700. The van der Waals surface area contributed by atoms with Crippen molar-refractivity contribution in [1.82, 2.24) is 0 Å². The molecule has 0 fully saturated rings. The van der Waals surface area contributed by atoms with E-state index in [1.54, 1.807) is 6.92 Å². The minimum absolute atomic E-state index is 0.0903. The zero-order valence-electron chi connectivity index (χ0n) is 9.90. The minimum Gasteiger partial charge on any atom is -0.366 e. The summed E-state index contributed by atoms with van der Waals surface area (Å²) in [4.78, 5) is 9.82. The SMILES string of the molecule is C=C(C)C(N)=O.CCCCCCS(=O)(=O)O. The summed E-state index contributed by atoms with van der Waals surface area (Å²) in [5.74, 6) is -0.525. The normalized spacial score (nSPS) is 10.2. The van der Waals surface area contributed by atoms with Crippen LogP contribution in [0.4, 0.5) is 0 Å². The molecule has 1 amide bonds. The quantitative estimate of drug-likeness (QED) is 0.424. The largest absolute Gasteiger partial charge is 0.366 e. The van der Waals surface area contributed by atoms with Crippen molar-refractivity contribution in [2.75, 3.05) is 5.75 Å². The zero-order chi connectivity index (χ0) is 13.2. The standard InChI is InChI=1S/C6H14O3S.C4H7NO/c1-2-3-4-5-6-10(7,8)9;1-3(2)4(5)6/h2-6H2,1H3,(H,7,8,9);1H2,2H3,(H2,5,6). The van der Waals surface area contributed by atoms with Gasteiger partial charge in [0.25, 0.3) is 10.1 Å². The lowest BCUT2D eigenvalue weighted by Gasteiger charge is -1.95. The third kappa shape index (κ3) is 18.8. The summed E-state index contributed by atoms with van der Waals surface area (Å²) in [6.45, 7) is 6.90. The van der Waals surface area contributed by atoms with Crippen molar-refractivity contribution in [3.63, 3.8) is 0 Å². The van der Waals surface area contributed by atoms with Crippen LogP contribution >= 0.6 is 0 Å². The van der Waals surface area contributed by atoms with Crippen molar-refractivity contribution in [1.29, 1.82) is 0 Å². The molecule has 6 heteroatoms. The molecule has 0 aromatic rings. The van der Waals surface area contributed by atoms with Gasteiger partial charge in [-0.05, 0) is 13.3 Å². The Balaban J connectivity index is 0. The molecule has 0 bridgehead atoms. The summed E-state index contributed by atoms with van der Waals surface area (Å²) < 4.78 is 28.6. The van der Waals surface area contributed by atoms with E-state index in [9.17, 15) is 13.2 Å². The van der Waals surface area contributed by atoms with Crippen LogP contribution in [-0.4, -0.2) is 24.6 Å². The van der Waals surface area contributed by atoms with E-state index in [-0.39, 0.29) is 5.75 Å². The van der Waals surface area contributed by atoms with Gasteiger partial charge in [0, 0.05) is 5.57 Å². The summed E-state index contributed by atoms with van der Waals surface area (Å²) in [5, 5.41) is 0. The van der Waals surface area contributed by atoms with Crippen LogP contribution in [0.1, 0.15) is 39.5 Å². The van der Waals surface area contributed by atoms with Gasteiger partial charge in [0.15, 0.2) is 0 Å². The van der Waals surface area contributed by atoms with Crippen molar-refractivity contribution < 1.29 is 17.8 Å². The first-order valence-corrected chi connectivity index (χ1v) is 6.72. The van der Waals surface area contributed by atoms with E-state index >= 15 is 0 Å². The number of carbonyl (C=O) groups is 1. The molecule has 0 unspecified atom stereocenters. The van der Waals surface area contributed by atoms with Gasteiger partial charge in [0.2, 0.25) is 5.91 Å². The van der Waals surface area contributed by atoms with Crippen LogP contribution in [0.3, 0.4) is 0 Å². The average molecular weight is 251 g/mol. The first-order valence-electron chi connectivity index (χ1n) is 5.11. The molecule has 0 aromatic carbocycles. The second-order valence-corrected chi connectivity index (χ2v) is 5.06. The van der Waals surface area contributed by atoms with Gasteiger partial charge in [-0.15, -0.1) is 0 Å². The average Bonchev–Trinajstić information content (AvgIpc) is 2.12. The van der Waals surface area contributed by atoms with Crippen LogP contribution in [0.25, 0.3) is 0 Å². The number of rotatable bonds is 6. The maximum absolute atomic E-state index is 10.1. The fourth-order valence-corrected chi connectivity index (χ4v) is 1.28. The Kier molecular flexibility index (Phi) is 10.2. The highest BCUT2D eigenvalue weighted by Crippen LogP contribution is 2.00. The summed E-state index contributed by atoms with van der Waals surface area (Å²) in [7, 11) is -3.70. The second kappa shape index (κ2) is 9.35. The third-order valence-corrected chi connectivity index (χ3v) is 2.48. The van der Waals surface area contributed by atoms with Crippen LogP contribution in [0.5, 0.6) is 0 Å². The maximum Gasteiger partial charge on any atom is 0.264 e. The Morgan fingerprint density at radius 1 is 1.31 bits per heavy atom. The van der Waals surface area contributed by atoms with Gasteiger partial charge in [0.1, 0.15) is 0 Å². The van der Waals surface area contributed by atoms with Crippen LogP contribution in [-0.2, 0) is 14.9 Å². The van der Waals surface area contributed by atoms with Gasteiger partial charge >= 0.3 is 0 Å². The van der Waals surface area contributed by atoms with Crippen molar-refractivity contribution in [3.8, 4) is 0 Å². The molecule has 96 valence electrons. The molecule has 0 rings (SSSR count). The summed E-state index contributed by atoms with van der Waals surface area (Å²) >= 11 is 0. The molecule has 5 nitrogen and oxygen atoms in total. The lowest BCUT2D eigenvalue weighted by molar-refractivity contribution is -0.114. The molecule has 0 aromatic heterocycles. The molecule has 0 aliphatic heterocycles. The van der Waals surface area contributed by atoms with E-state index in [0.717, 1.165) is 19.3 Å². The lowest BCUT2D eigenvalue weighted by atomic mass is 10.2. The molecular formula is C10H21NO4S. The van der Waals surface area contributed by atoms with Crippen LogP contribution in [0.2, 0.25) is 0 Å². The molecule has 0 heterocycles. The van der Waals surface area contributed by atoms with Crippen molar-refractivity contribution in [3.05, 3.63) is 12.2 Å². The predicted molar refractivity (Wildman–Crippen MR) is 64.6 cm³/mol. The van der Waals surface area contributed by atoms with Crippen LogP contribution in [0, 0.1) is 0 Å². The Morgan fingerprint density at radius 2 is 1.75 bits per heavy atom. The highest BCUT2D eigenvalue weighted by atomic mass is 32.2. The van der Waals surface area contributed by atoms with Gasteiger partial charge in [0.05, 0.1) is 5.75 Å². The van der Waals surface area contributed by atoms with Gasteiger partial charge in [-0.2, -0.15) is 8.42 Å². The third-order valence-electron chi connectivity index (χ3n) is 1.68. The maximum atomic E-state index is 10.1. The van der Waals surface area contributed by atoms with Gasteiger partial charge in [-0.1, -0.05) is 32.8 Å². The molecule has 3 N–H and O–H groups in total. The minimum atomic E-state index is -3.70. The van der Waals surface area contributed by atoms with Crippen molar-refractivity contribution in [2.45, 2.75) is 39.5 Å². The Morgan fingerprint density at radius 3 is 2.00 bits per heavy atom. The van der Waals surface area contributed by atoms with Crippen molar-refractivity contribution >= 4 is 16.0 Å². The molecule has 0 spiro atoms. The smallest absolute Gasteiger partial charge is 0.264 e. The molecule has 0 atom stereocenters. The monoisotopic (exact) mass is 251 g/mol. The van der Waals surface area contributed by atoms with Crippen LogP contribution < -0.4 is 5.73 Å². The first-order chi connectivity index (χ1) is 7.20. The molecule has 0 saturated carbocycles. The second-order valence-electron chi connectivity index (χ2n) is 3.49. The zero-order valence-corrected chi connectivity index (χ0v) is 10.7. The summed E-state index contributed by atoms with van der Waals surface area (Å²) in [6, 6.07) is 0. The molecular weight excluding hydrogens is 230 g/mol. The van der Waals surface area contributed by atoms with E-state index in [1.165, 1.54) is 0 Å². The Labute approximate surface area is 97.5 Å². The highest BCUT2D eigenvalue weighted by molar-refractivity contribution is 7.85. The number of primary amides is 1. The molecule has 0 aliphatic rings. The number of amides is 1. The van der Waals surface area contributed by atoms with Crippen molar-refractivity contribution in [2.24, 2.45) is 5.73 Å². The number of hydrogen-bond acceptors (Lipinski definition) is 3. The number of carbonyl (C=O) groups excluding carboxylic acids is 1. The highest BCUT2D eigenvalue weighted by Gasteiger charge is 2.01. The summed E-state index contributed by atoms with van der Waals surface area (Å²) in [5.41, 5.74) is 5.09. The fourth-order valence-electron chi connectivity index (χ4n) is 0.711. The molecule has 0 saturated heterocycles. The topological polar surface area (TPSA) is 97.5 Å². The Bertz CT molecular complexity index is 297. The summed E-state index contributed by atoms with van der Waals surface area (Å²) in [6.07, 6.45) is 3.57. The number of hydrogen-bond donors (Lipinski definition) is 2. The van der Waals surface area contributed by atoms with E-state index < -0.39 is 16.0 Å². The number of unbranched alkanes of at least 4 members (excludes halogenated alkanes) is 3.